The van der Waals surface area contributed by atoms with Gasteiger partial charge in [-0.25, -0.2) is 0 Å². The molecule has 1 aromatic rings. The summed E-state index contributed by atoms with van der Waals surface area (Å²) in [6.45, 7) is 4.60. The van der Waals surface area contributed by atoms with E-state index in [1.165, 1.54) is 89.9 Å². The summed E-state index contributed by atoms with van der Waals surface area (Å²) in [7, 11) is 0. The van der Waals surface area contributed by atoms with Crippen LogP contribution in [0.4, 0.5) is 0 Å². The molecule has 0 radical (unpaired) electrons. The Morgan fingerprint density at radius 1 is 0.870 bits per heavy atom. The first-order chi connectivity index (χ1) is 11.3. The van der Waals surface area contributed by atoms with Crippen LogP contribution in [0.25, 0.3) is 0 Å². The van der Waals surface area contributed by atoms with E-state index < -0.39 is 0 Å². The van der Waals surface area contributed by atoms with Crippen molar-refractivity contribution in [3.8, 4) is 0 Å². The van der Waals surface area contributed by atoms with Crippen molar-refractivity contribution < 1.29 is 0 Å². The quantitative estimate of drug-likeness (QED) is 0.226. The molecule has 0 saturated heterocycles. The number of thioether (sulfide) groups is 1. The van der Waals surface area contributed by atoms with Crippen LogP contribution in [0.5, 0.6) is 0 Å². The van der Waals surface area contributed by atoms with E-state index in [0.717, 1.165) is 4.34 Å². The summed E-state index contributed by atoms with van der Waals surface area (Å²) < 4.78 is 1.12. The smallest absolute Gasteiger partial charge is 0.146 e. The van der Waals surface area contributed by atoms with Crippen LogP contribution in [0.15, 0.2) is 9.85 Å². The number of hydrogen-bond acceptors (Lipinski definition) is 4. The number of unbranched alkanes of at least 4 members (excludes halogenated alkanes) is 12. The highest BCUT2D eigenvalue weighted by atomic mass is 32.2. The van der Waals surface area contributed by atoms with Crippen LogP contribution in [-0.4, -0.2) is 15.4 Å². The van der Waals surface area contributed by atoms with Crippen molar-refractivity contribution in [2.24, 2.45) is 0 Å². The van der Waals surface area contributed by atoms with E-state index in [1.54, 1.807) is 11.3 Å². The van der Waals surface area contributed by atoms with Crippen molar-refractivity contribution in [1.82, 2.24) is 10.2 Å². The highest BCUT2D eigenvalue weighted by Crippen LogP contribution is 2.27. The van der Waals surface area contributed by atoms with Crippen molar-refractivity contribution >= 4 is 23.1 Å². The lowest BCUT2D eigenvalue weighted by Crippen LogP contribution is -1.95. The minimum absolute atomic E-state index is 0.677. The maximum Gasteiger partial charge on any atom is 0.174 e. The maximum absolute atomic E-state index is 4.10. The molecule has 0 fully saturated rings. The molecule has 134 valence electrons. The van der Waals surface area contributed by atoms with Gasteiger partial charge in [0.2, 0.25) is 0 Å². The molecule has 1 heterocycles. The zero-order chi connectivity index (χ0) is 16.6. The molecule has 0 aliphatic carbocycles. The zero-order valence-corrected chi connectivity index (χ0v) is 16.9. The minimum Gasteiger partial charge on any atom is -0.146 e. The van der Waals surface area contributed by atoms with Gasteiger partial charge in [0.25, 0.3) is 0 Å². The molecule has 1 rings (SSSR count). The third-order valence-electron chi connectivity index (χ3n) is 4.36. The van der Waals surface area contributed by atoms with Crippen LogP contribution in [0.2, 0.25) is 0 Å². The van der Waals surface area contributed by atoms with Crippen molar-refractivity contribution in [2.45, 2.75) is 113 Å². The highest BCUT2D eigenvalue weighted by Gasteiger charge is 2.06. The van der Waals surface area contributed by atoms with Crippen molar-refractivity contribution in [3.05, 3.63) is 5.51 Å². The first-order valence-corrected chi connectivity index (χ1v) is 11.5. The minimum atomic E-state index is 0.677. The summed E-state index contributed by atoms with van der Waals surface area (Å²) in [6, 6.07) is 0. The highest BCUT2D eigenvalue weighted by molar-refractivity contribution is 8.01. The molecule has 4 heteroatoms. The Morgan fingerprint density at radius 2 is 1.39 bits per heavy atom. The van der Waals surface area contributed by atoms with E-state index in [1.807, 2.05) is 17.3 Å². The number of hydrogen-bond donors (Lipinski definition) is 0. The van der Waals surface area contributed by atoms with Crippen LogP contribution in [-0.2, 0) is 0 Å². The summed E-state index contributed by atoms with van der Waals surface area (Å²) in [4.78, 5) is 0. The standard InChI is InChI=1S/C19H36N2S2/c1-3-4-5-6-7-8-9-10-11-12-13-14-15-16-18(2)23-19-21-20-17-22-19/h17-18H,3-16H2,1-2H3. The van der Waals surface area contributed by atoms with Crippen molar-refractivity contribution in [1.29, 1.82) is 0 Å². The Kier molecular flexibility index (Phi) is 14.1. The Morgan fingerprint density at radius 3 is 1.87 bits per heavy atom. The molecule has 2 nitrogen and oxygen atoms in total. The fourth-order valence-corrected chi connectivity index (χ4v) is 4.74. The molecule has 0 aliphatic heterocycles. The van der Waals surface area contributed by atoms with E-state index in [2.05, 4.69) is 24.0 Å². The molecule has 1 unspecified atom stereocenters. The zero-order valence-electron chi connectivity index (χ0n) is 15.3. The Labute approximate surface area is 152 Å². The van der Waals surface area contributed by atoms with Gasteiger partial charge in [0, 0.05) is 5.25 Å². The van der Waals surface area contributed by atoms with Crippen LogP contribution >= 0.6 is 23.1 Å². The van der Waals surface area contributed by atoms with Gasteiger partial charge >= 0.3 is 0 Å². The third-order valence-corrected chi connectivity index (χ3v) is 6.34. The first-order valence-electron chi connectivity index (χ1n) is 9.75. The maximum atomic E-state index is 4.10. The van der Waals surface area contributed by atoms with E-state index in [-0.39, 0.29) is 0 Å². The lowest BCUT2D eigenvalue weighted by atomic mass is 10.0. The molecular formula is C19H36N2S2. The van der Waals surface area contributed by atoms with Gasteiger partial charge in [-0.3, -0.25) is 0 Å². The Balaban J connectivity index is 1.76. The van der Waals surface area contributed by atoms with Crippen molar-refractivity contribution in [3.63, 3.8) is 0 Å². The largest absolute Gasteiger partial charge is 0.174 e. The lowest BCUT2D eigenvalue weighted by Gasteiger charge is -2.08. The second kappa shape index (κ2) is 15.4. The molecule has 0 bridgehead atoms. The molecule has 23 heavy (non-hydrogen) atoms. The molecule has 0 N–H and O–H groups in total. The van der Waals surface area contributed by atoms with Crippen LogP contribution in [0.1, 0.15) is 104 Å². The van der Waals surface area contributed by atoms with Crippen molar-refractivity contribution in [2.75, 3.05) is 0 Å². The first kappa shape index (κ1) is 21.0. The fraction of sp³-hybridized carbons (Fsp3) is 0.895. The van der Waals surface area contributed by atoms with E-state index in [0.29, 0.717) is 5.25 Å². The van der Waals surface area contributed by atoms with Gasteiger partial charge in [0.15, 0.2) is 4.34 Å². The average molecular weight is 357 g/mol. The predicted molar refractivity (Wildman–Crippen MR) is 106 cm³/mol. The summed E-state index contributed by atoms with van der Waals surface area (Å²) in [5.74, 6) is 0. The Hall–Kier alpha value is -0.0900. The normalized spacial score (nSPS) is 12.6. The van der Waals surface area contributed by atoms with Gasteiger partial charge in [-0.05, 0) is 6.42 Å². The third kappa shape index (κ3) is 12.9. The van der Waals surface area contributed by atoms with E-state index in [4.69, 9.17) is 0 Å². The summed E-state index contributed by atoms with van der Waals surface area (Å²) in [5, 5.41) is 8.67. The molecule has 0 saturated carbocycles. The summed E-state index contributed by atoms with van der Waals surface area (Å²) in [6.07, 6.45) is 19.9. The van der Waals surface area contributed by atoms with Crippen LogP contribution in [0.3, 0.4) is 0 Å². The van der Waals surface area contributed by atoms with Gasteiger partial charge in [-0.15, -0.1) is 10.2 Å². The lowest BCUT2D eigenvalue weighted by molar-refractivity contribution is 0.535. The van der Waals surface area contributed by atoms with Gasteiger partial charge in [0.05, 0.1) is 0 Å². The van der Waals surface area contributed by atoms with Crippen LogP contribution < -0.4 is 0 Å². The molecule has 0 aromatic carbocycles. The van der Waals surface area contributed by atoms with Gasteiger partial charge in [-0.2, -0.15) is 0 Å². The predicted octanol–water partition coefficient (Wildman–Crippen LogP) is 7.50. The average Bonchev–Trinajstić information content (AvgIpc) is 3.04. The second-order valence-corrected chi connectivity index (χ2v) is 9.18. The van der Waals surface area contributed by atoms with Gasteiger partial charge < -0.3 is 0 Å². The van der Waals surface area contributed by atoms with E-state index >= 15 is 0 Å². The van der Waals surface area contributed by atoms with E-state index in [9.17, 15) is 0 Å². The second-order valence-electron chi connectivity index (χ2n) is 6.66. The molecule has 0 aliphatic rings. The molecule has 0 amide bonds. The molecule has 0 spiro atoms. The number of rotatable bonds is 16. The molecule has 1 atom stereocenters. The Bertz CT molecular complexity index is 341. The molecular weight excluding hydrogens is 320 g/mol. The monoisotopic (exact) mass is 356 g/mol. The number of aromatic nitrogens is 2. The fourth-order valence-electron chi connectivity index (χ4n) is 2.89. The molecule has 1 aromatic heterocycles. The van der Waals surface area contributed by atoms with Gasteiger partial charge in [-0.1, -0.05) is 120 Å². The summed E-state index contributed by atoms with van der Waals surface area (Å²) in [5.41, 5.74) is 1.82. The summed E-state index contributed by atoms with van der Waals surface area (Å²) >= 11 is 3.53. The topological polar surface area (TPSA) is 25.8 Å². The van der Waals surface area contributed by atoms with Crippen LogP contribution in [0, 0.1) is 0 Å². The van der Waals surface area contributed by atoms with Gasteiger partial charge in [0.1, 0.15) is 5.51 Å². The number of nitrogens with zero attached hydrogens (tertiary/aromatic N) is 2. The SMILES string of the molecule is CCCCCCCCCCCCCCCC(C)Sc1nncs1.